The fourth-order valence-corrected chi connectivity index (χ4v) is 6.72. The van der Waals surface area contributed by atoms with E-state index in [-0.39, 0.29) is 35.2 Å². The SMILES string of the molecule is CC1CN(c2ccc(C3(c4ccsc4)CC(O)=C(Sc4ccccc4Cl)C(=O)N3)cc2)CC(C)O1. The highest BCUT2D eigenvalue weighted by Gasteiger charge is 2.43. The van der Waals surface area contributed by atoms with Crippen LogP contribution in [0.3, 0.4) is 0 Å². The van der Waals surface area contributed by atoms with Gasteiger partial charge in [-0.15, -0.1) is 0 Å². The van der Waals surface area contributed by atoms with Crippen molar-refractivity contribution in [3.05, 3.63) is 92.2 Å². The lowest BCUT2D eigenvalue weighted by Gasteiger charge is -2.39. The highest BCUT2D eigenvalue weighted by atomic mass is 35.5. The molecule has 2 aliphatic rings. The zero-order valence-electron chi connectivity index (χ0n) is 19.5. The molecule has 2 aliphatic heterocycles. The smallest absolute Gasteiger partial charge is 0.262 e. The van der Waals surface area contributed by atoms with E-state index in [4.69, 9.17) is 16.3 Å². The zero-order chi connectivity index (χ0) is 24.6. The normalized spacial score (nSPS) is 25.0. The number of halogens is 1. The Morgan fingerprint density at radius 3 is 2.43 bits per heavy atom. The summed E-state index contributed by atoms with van der Waals surface area (Å²) in [4.78, 5) is 16.7. The highest BCUT2D eigenvalue weighted by molar-refractivity contribution is 8.04. The van der Waals surface area contributed by atoms with Crippen LogP contribution in [0.15, 0.2) is 80.9 Å². The lowest BCUT2D eigenvalue weighted by Crippen LogP contribution is -2.50. The number of benzene rings is 2. The quantitative estimate of drug-likeness (QED) is 0.406. The molecule has 1 saturated heterocycles. The number of ether oxygens (including phenoxy) is 1. The number of thioether (sulfide) groups is 1. The second kappa shape index (κ2) is 9.90. The molecule has 5 rings (SSSR count). The maximum atomic E-state index is 13.4. The van der Waals surface area contributed by atoms with Gasteiger partial charge in [-0.05, 0) is 66.1 Å². The van der Waals surface area contributed by atoms with Gasteiger partial charge in [-0.3, -0.25) is 4.79 Å². The molecule has 3 heterocycles. The van der Waals surface area contributed by atoms with Crippen LogP contribution >= 0.6 is 34.7 Å². The van der Waals surface area contributed by atoms with E-state index >= 15 is 0 Å². The van der Waals surface area contributed by atoms with Crippen molar-refractivity contribution in [2.45, 2.75) is 42.9 Å². The number of carbonyl (C=O) groups is 1. The summed E-state index contributed by atoms with van der Waals surface area (Å²) in [6.45, 7) is 5.85. The van der Waals surface area contributed by atoms with E-state index < -0.39 is 5.54 Å². The Hall–Kier alpha value is -2.45. The van der Waals surface area contributed by atoms with Crippen molar-refractivity contribution in [2.24, 2.45) is 0 Å². The minimum absolute atomic E-state index is 0.0600. The molecule has 182 valence electrons. The van der Waals surface area contributed by atoms with Crippen LogP contribution in [0, 0.1) is 0 Å². The maximum absolute atomic E-state index is 13.4. The van der Waals surface area contributed by atoms with Crippen LogP contribution in [-0.2, 0) is 15.1 Å². The predicted octanol–water partition coefficient (Wildman–Crippen LogP) is 6.34. The van der Waals surface area contributed by atoms with Crippen molar-refractivity contribution in [3.63, 3.8) is 0 Å². The standard InChI is InChI=1S/C27H27ClN2O3S2/c1-17-14-30(15-18(2)33-17)21-9-7-19(8-10-21)27(20-11-12-34-16-20)13-23(31)25(26(32)29-27)35-24-6-4-3-5-22(24)28/h3-12,16-18,31H,13-15H2,1-2H3,(H,29,32). The van der Waals surface area contributed by atoms with E-state index in [1.165, 1.54) is 11.8 Å². The summed E-state index contributed by atoms with van der Waals surface area (Å²) >= 11 is 9.06. The third-order valence-corrected chi connectivity index (χ3v) is 8.76. The number of hydrogen-bond donors (Lipinski definition) is 2. The van der Waals surface area contributed by atoms with Gasteiger partial charge in [0, 0.05) is 30.1 Å². The molecule has 1 fully saturated rings. The summed E-state index contributed by atoms with van der Waals surface area (Å²) in [6.07, 6.45) is 0.599. The van der Waals surface area contributed by atoms with E-state index in [9.17, 15) is 9.90 Å². The van der Waals surface area contributed by atoms with Gasteiger partial charge >= 0.3 is 0 Å². The highest BCUT2D eigenvalue weighted by Crippen LogP contribution is 2.44. The van der Waals surface area contributed by atoms with Crippen molar-refractivity contribution in [2.75, 3.05) is 18.0 Å². The van der Waals surface area contributed by atoms with E-state index in [2.05, 4.69) is 48.3 Å². The summed E-state index contributed by atoms with van der Waals surface area (Å²) in [5.74, 6) is -0.255. The largest absolute Gasteiger partial charge is 0.511 e. The molecule has 0 saturated carbocycles. The fraction of sp³-hybridized carbons (Fsp3) is 0.296. The Labute approximate surface area is 218 Å². The number of morpholine rings is 1. The molecule has 0 radical (unpaired) electrons. The predicted molar refractivity (Wildman–Crippen MR) is 143 cm³/mol. The molecular weight excluding hydrogens is 500 g/mol. The molecule has 35 heavy (non-hydrogen) atoms. The van der Waals surface area contributed by atoms with Gasteiger partial charge in [0.2, 0.25) is 0 Å². The first-order valence-corrected chi connectivity index (χ1v) is 13.7. The molecule has 3 unspecified atom stereocenters. The summed E-state index contributed by atoms with van der Waals surface area (Å²) in [5.41, 5.74) is 2.14. The maximum Gasteiger partial charge on any atom is 0.262 e. The Bertz CT molecular complexity index is 1240. The van der Waals surface area contributed by atoms with E-state index in [1.54, 1.807) is 17.4 Å². The average molecular weight is 527 g/mol. The second-order valence-corrected chi connectivity index (χ2v) is 11.3. The van der Waals surface area contributed by atoms with Crippen LogP contribution < -0.4 is 10.2 Å². The second-order valence-electron chi connectivity index (χ2n) is 9.07. The number of nitrogens with one attached hydrogen (secondary N) is 1. The van der Waals surface area contributed by atoms with Crippen LogP contribution in [0.4, 0.5) is 5.69 Å². The van der Waals surface area contributed by atoms with Crippen molar-refractivity contribution in [1.82, 2.24) is 5.32 Å². The van der Waals surface area contributed by atoms with Crippen molar-refractivity contribution < 1.29 is 14.6 Å². The molecule has 5 nitrogen and oxygen atoms in total. The average Bonchev–Trinajstić information content (AvgIpc) is 3.38. The minimum Gasteiger partial charge on any atom is -0.511 e. The third-order valence-electron chi connectivity index (χ3n) is 6.44. The Kier molecular flexibility index (Phi) is 6.86. The molecule has 8 heteroatoms. The number of rotatable bonds is 5. The number of hydrogen-bond acceptors (Lipinski definition) is 6. The summed E-state index contributed by atoms with van der Waals surface area (Å²) < 4.78 is 5.87. The molecular formula is C27H27ClN2O3S2. The zero-order valence-corrected chi connectivity index (χ0v) is 21.9. The number of aliphatic hydroxyl groups excluding tert-OH is 1. The van der Waals surface area contributed by atoms with E-state index in [0.717, 1.165) is 34.8 Å². The number of carbonyl (C=O) groups excluding carboxylic acids is 1. The summed E-state index contributed by atoms with van der Waals surface area (Å²) in [6, 6.07) is 17.6. The van der Waals surface area contributed by atoms with E-state index in [1.807, 2.05) is 35.0 Å². The molecule has 3 aromatic rings. The minimum atomic E-state index is -0.851. The van der Waals surface area contributed by atoms with Gasteiger partial charge in [0.1, 0.15) is 10.7 Å². The molecule has 0 aliphatic carbocycles. The monoisotopic (exact) mass is 526 g/mol. The summed E-state index contributed by atoms with van der Waals surface area (Å²) in [5, 5.41) is 18.9. The van der Waals surface area contributed by atoms with Crippen molar-refractivity contribution in [1.29, 1.82) is 0 Å². The van der Waals surface area contributed by atoms with Gasteiger partial charge in [0.25, 0.3) is 5.91 Å². The molecule has 1 aromatic heterocycles. The molecule has 2 aromatic carbocycles. The lowest BCUT2D eigenvalue weighted by molar-refractivity contribution is -0.119. The van der Waals surface area contributed by atoms with Gasteiger partial charge in [-0.1, -0.05) is 47.6 Å². The topological polar surface area (TPSA) is 61.8 Å². The molecule has 0 spiro atoms. The van der Waals surface area contributed by atoms with Crippen LogP contribution in [-0.4, -0.2) is 36.3 Å². The van der Waals surface area contributed by atoms with Crippen LogP contribution in [0.25, 0.3) is 0 Å². The Balaban J connectivity index is 1.48. The van der Waals surface area contributed by atoms with Crippen LogP contribution in [0.5, 0.6) is 0 Å². The molecule has 3 atom stereocenters. The van der Waals surface area contributed by atoms with Gasteiger partial charge in [0.15, 0.2) is 0 Å². The van der Waals surface area contributed by atoms with Gasteiger partial charge < -0.3 is 20.1 Å². The van der Waals surface area contributed by atoms with E-state index in [0.29, 0.717) is 5.02 Å². The van der Waals surface area contributed by atoms with Crippen LogP contribution in [0.2, 0.25) is 5.02 Å². The molecule has 2 N–H and O–H groups in total. The first-order valence-electron chi connectivity index (χ1n) is 11.6. The Morgan fingerprint density at radius 1 is 1.09 bits per heavy atom. The van der Waals surface area contributed by atoms with Gasteiger partial charge in [-0.2, -0.15) is 11.3 Å². The number of anilines is 1. The number of aliphatic hydroxyl groups is 1. The third kappa shape index (κ3) is 4.83. The molecule has 0 bridgehead atoms. The van der Waals surface area contributed by atoms with Crippen LogP contribution in [0.1, 0.15) is 31.4 Å². The lowest BCUT2D eigenvalue weighted by atomic mass is 9.79. The van der Waals surface area contributed by atoms with Gasteiger partial charge in [-0.25, -0.2) is 0 Å². The van der Waals surface area contributed by atoms with Crippen molar-refractivity contribution in [3.8, 4) is 0 Å². The van der Waals surface area contributed by atoms with Crippen molar-refractivity contribution >= 4 is 46.3 Å². The number of thiophene rings is 1. The fourth-order valence-electron chi connectivity index (χ4n) is 4.87. The first kappa shape index (κ1) is 24.3. The Morgan fingerprint density at radius 2 is 1.80 bits per heavy atom. The van der Waals surface area contributed by atoms with Gasteiger partial charge in [0.05, 0.1) is 22.8 Å². The summed E-state index contributed by atoms with van der Waals surface area (Å²) in [7, 11) is 0. The number of nitrogens with zero attached hydrogens (tertiary/aromatic N) is 1. The number of amides is 1. The first-order chi connectivity index (χ1) is 16.9. The molecule has 1 amide bonds.